The Labute approximate surface area is 328 Å². The van der Waals surface area contributed by atoms with Crippen LogP contribution in [0.25, 0.3) is 66.4 Å². The third-order valence-corrected chi connectivity index (χ3v) is 12.7. The fourth-order valence-corrected chi connectivity index (χ4v) is 9.89. The molecule has 1 heterocycles. The van der Waals surface area contributed by atoms with Gasteiger partial charge >= 0.3 is 0 Å². The summed E-state index contributed by atoms with van der Waals surface area (Å²) in [5.74, 6) is 0. The van der Waals surface area contributed by atoms with Gasteiger partial charge in [-0.2, -0.15) is 0 Å². The van der Waals surface area contributed by atoms with Gasteiger partial charge in [0.15, 0.2) is 0 Å². The lowest BCUT2D eigenvalue weighted by molar-refractivity contribution is 0.660. The molecule has 0 radical (unpaired) electrons. The number of benzene rings is 8. The highest BCUT2D eigenvalue weighted by atomic mass is 16.3. The van der Waals surface area contributed by atoms with Crippen LogP contribution in [-0.4, -0.2) is 0 Å². The zero-order valence-corrected chi connectivity index (χ0v) is 32.1. The summed E-state index contributed by atoms with van der Waals surface area (Å²) < 4.78 is 6.91. The SMILES string of the molecule is CC1(C)c2ccccc2-c2ccc(N(c3cccc(-c4cccc5c4oc4c(-c6ccccc6)cccc45)c3)c3cccc4c3-c3ccccc3C4(C)C)cc21. The Balaban J connectivity index is 1.13. The summed E-state index contributed by atoms with van der Waals surface area (Å²) in [5, 5.41) is 2.25. The minimum absolute atomic E-state index is 0.118. The number of rotatable bonds is 5. The van der Waals surface area contributed by atoms with Gasteiger partial charge in [-0.25, -0.2) is 0 Å². The Bertz CT molecular complexity index is 3030. The van der Waals surface area contributed by atoms with Gasteiger partial charge in [-0.3, -0.25) is 0 Å². The third kappa shape index (κ3) is 4.62. The summed E-state index contributed by atoms with van der Waals surface area (Å²) in [6.45, 7) is 9.45. The molecule has 2 aliphatic carbocycles. The van der Waals surface area contributed by atoms with Gasteiger partial charge in [0.1, 0.15) is 11.2 Å². The molecule has 0 fully saturated rings. The number of furan rings is 1. The Hall–Kier alpha value is -6.64. The first-order chi connectivity index (χ1) is 27.3. The minimum atomic E-state index is -0.127. The molecule has 2 nitrogen and oxygen atoms in total. The quantitative estimate of drug-likeness (QED) is 0.176. The van der Waals surface area contributed by atoms with Crippen molar-refractivity contribution in [2.75, 3.05) is 4.90 Å². The lowest BCUT2D eigenvalue weighted by atomic mass is 9.82. The van der Waals surface area contributed by atoms with Crippen LogP contribution in [0.4, 0.5) is 17.1 Å². The maximum Gasteiger partial charge on any atom is 0.143 e. The molecule has 0 amide bonds. The number of anilines is 3. The number of fused-ring (bicyclic) bond motifs is 9. The second kappa shape index (κ2) is 11.9. The highest BCUT2D eigenvalue weighted by molar-refractivity contribution is 6.13. The maximum atomic E-state index is 6.91. The first-order valence-electron chi connectivity index (χ1n) is 19.7. The maximum absolute atomic E-state index is 6.91. The number of hydrogen-bond donors (Lipinski definition) is 0. The molecule has 0 aliphatic heterocycles. The van der Waals surface area contributed by atoms with E-state index in [4.69, 9.17) is 4.42 Å². The molecule has 0 bridgehead atoms. The van der Waals surface area contributed by atoms with Crippen LogP contribution in [0.2, 0.25) is 0 Å². The first kappa shape index (κ1) is 32.8. The van der Waals surface area contributed by atoms with Crippen molar-refractivity contribution in [2.45, 2.75) is 38.5 Å². The normalized spacial score (nSPS) is 14.4. The molecule has 0 atom stereocenters. The van der Waals surface area contributed by atoms with Crippen molar-refractivity contribution in [3.05, 3.63) is 198 Å². The number of hydrogen-bond acceptors (Lipinski definition) is 2. The van der Waals surface area contributed by atoms with Crippen molar-refractivity contribution >= 4 is 39.0 Å². The monoisotopic (exact) mass is 719 g/mol. The topological polar surface area (TPSA) is 16.4 Å². The fraction of sp³-hybridized carbons (Fsp3) is 0.111. The summed E-state index contributed by atoms with van der Waals surface area (Å²) >= 11 is 0. The zero-order valence-electron chi connectivity index (χ0n) is 32.1. The average molecular weight is 720 g/mol. The highest BCUT2D eigenvalue weighted by Crippen LogP contribution is 2.56. The van der Waals surface area contributed by atoms with Crippen LogP contribution in [-0.2, 0) is 10.8 Å². The number of nitrogens with zero attached hydrogens (tertiary/aromatic N) is 1. The van der Waals surface area contributed by atoms with Crippen LogP contribution in [0.15, 0.2) is 180 Å². The van der Waals surface area contributed by atoms with E-state index in [9.17, 15) is 0 Å². The van der Waals surface area contributed by atoms with E-state index >= 15 is 0 Å². The molecule has 11 rings (SSSR count). The largest absolute Gasteiger partial charge is 0.455 e. The van der Waals surface area contributed by atoms with Crippen LogP contribution < -0.4 is 4.90 Å². The van der Waals surface area contributed by atoms with E-state index < -0.39 is 0 Å². The zero-order chi connectivity index (χ0) is 37.8. The third-order valence-electron chi connectivity index (χ3n) is 12.7. The molecular weight excluding hydrogens is 679 g/mol. The standard InChI is InChI=1S/C54H41NO/c1-53(2)46-27-11-9-21-44(46)50-47(53)28-15-29-49(50)55(37-30-31-41-40-20-8-10-26-45(40)54(3,4)48(41)33-37)36-19-12-18-35(32-36)39-23-14-25-43-42-24-13-22-38(51(42)56-52(39)43)34-16-6-5-7-17-34/h5-33H,1-4H3. The summed E-state index contributed by atoms with van der Waals surface area (Å²) in [6, 6.07) is 64.4. The molecule has 0 saturated heterocycles. The Morgan fingerprint density at radius 2 is 0.893 bits per heavy atom. The summed E-state index contributed by atoms with van der Waals surface area (Å²) in [4.78, 5) is 2.49. The summed E-state index contributed by atoms with van der Waals surface area (Å²) in [7, 11) is 0. The van der Waals surface area contributed by atoms with E-state index in [1.54, 1.807) is 0 Å². The van der Waals surface area contributed by atoms with E-state index in [1.807, 2.05) is 0 Å². The second-order valence-electron chi connectivity index (χ2n) is 16.5. The van der Waals surface area contributed by atoms with Gasteiger partial charge in [-0.15, -0.1) is 0 Å². The van der Waals surface area contributed by atoms with E-state index in [2.05, 4.69) is 209 Å². The van der Waals surface area contributed by atoms with Crippen LogP contribution in [0, 0.1) is 0 Å². The van der Waals surface area contributed by atoms with Gasteiger partial charge < -0.3 is 9.32 Å². The van der Waals surface area contributed by atoms with Gasteiger partial charge in [-0.05, 0) is 80.4 Å². The lowest BCUT2D eigenvalue weighted by Gasteiger charge is -2.30. The average Bonchev–Trinajstić information content (AvgIpc) is 3.82. The Kier molecular flexibility index (Phi) is 6.98. The van der Waals surface area contributed by atoms with Crippen LogP contribution >= 0.6 is 0 Å². The van der Waals surface area contributed by atoms with E-state index in [0.717, 1.165) is 55.6 Å². The van der Waals surface area contributed by atoms with Gasteiger partial charge in [-0.1, -0.05) is 173 Å². The summed E-state index contributed by atoms with van der Waals surface area (Å²) in [6.07, 6.45) is 0. The van der Waals surface area contributed by atoms with Gasteiger partial charge in [0.2, 0.25) is 0 Å². The van der Waals surface area contributed by atoms with Crippen molar-refractivity contribution in [3.63, 3.8) is 0 Å². The smallest absolute Gasteiger partial charge is 0.143 e. The molecule has 0 N–H and O–H groups in total. The Morgan fingerprint density at radius 3 is 1.64 bits per heavy atom. The summed E-state index contributed by atoms with van der Waals surface area (Å²) in [5.41, 5.74) is 20.2. The molecule has 56 heavy (non-hydrogen) atoms. The molecule has 8 aromatic carbocycles. The van der Waals surface area contributed by atoms with Crippen LogP contribution in [0.5, 0.6) is 0 Å². The molecule has 1 aromatic heterocycles. The van der Waals surface area contributed by atoms with Crippen molar-refractivity contribution in [2.24, 2.45) is 0 Å². The molecular formula is C54H41NO. The second-order valence-corrected chi connectivity index (χ2v) is 16.5. The number of para-hydroxylation sites is 2. The van der Waals surface area contributed by atoms with Gasteiger partial charge in [0.05, 0.1) is 5.69 Å². The van der Waals surface area contributed by atoms with Gasteiger partial charge in [0.25, 0.3) is 0 Å². The molecule has 2 heteroatoms. The minimum Gasteiger partial charge on any atom is -0.455 e. The van der Waals surface area contributed by atoms with Crippen LogP contribution in [0.3, 0.4) is 0 Å². The molecule has 2 aliphatic rings. The fourth-order valence-electron chi connectivity index (χ4n) is 9.89. The molecule has 0 unspecified atom stereocenters. The predicted molar refractivity (Wildman–Crippen MR) is 234 cm³/mol. The van der Waals surface area contributed by atoms with Crippen molar-refractivity contribution < 1.29 is 4.42 Å². The van der Waals surface area contributed by atoms with Crippen molar-refractivity contribution in [3.8, 4) is 44.5 Å². The first-order valence-corrected chi connectivity index (χ1v) is 19.7. The molecule has 9 aromatic rings. The van der Waals surface area contributed by atoms with Crippen molar-refractivity contribution in [1.29, 1.82) is 0 Å². The predicted octanol–water partition coefficient (Wildman–Crippen LogP) is 15.0. The highest BCUT2D eigenvalue weighted by Gasteiger charge is 2.39. The van der Waals surface area contributed by atoms with Crippen LogP contribution in [0.1, 0.15) is 49.9 Å². The van der Waals surface area contributed by atoms with Crippen molar-refractivity contribution in [1.82, 2.24) is 0 Å². The molecule has 0 spiro atoms. The molecule has 268 valence electrons. The van der Waals surface area contributed by atoms with E-state index in [-0.39, 0.29) is 10.8 Å². The Morgan fingerprint density at radius 1 is 0.375 bits per heavy atom. The van der Waals surface area contributed by atoms with Gasteiger partial charge in [0, 0.05) is 49.7 Å². The van der Waals surface area contributed by atoms with E-state index in [0.29, 0.717) is 0 Å². The van der Waals surface area contributed by atoms with E-state index in [1.165, 1.54) is 50.2 Å². The molecule has 0 saturated carbocycles. The lowest BCUT2D eigenvalue weighted by Crippen LogP contribution is -2.17.